The number of carboxylic acids is 1. The first-order valence-corrected chi connectivity index (χ1v) is 8.78. The number of aryl methyl sites for hydroxylation is 2. The first-order chi connectivity index (χ1) is 10.3. The van der Waals surface area contributed by atoms with Crippen LogP contribution >= 0.6 is 11.5 Å². The third kappa shape index (κ3) is 2.97. The molecular weight excluding hydrogens is 324 g/mol. The largest absolute Gasteiger partial charge is 0.478 e. The molecular formula is C14H16N2O4S2. The first kappa shape index (κ1) is 16.4. The maximum atomic E-state index is 12.7. The van der Waals surface area contributed by atoms with Gasteiger partial charge in [0.1, 0.15) is 0 Å². The van der Waals surface area contributed by atoms with Gasteiger partial charge in [0.15, 0.2) is 4.21 Å². The van der Waals surface area contributed by atoms with Gasteiger partial charge in [-0.05, 0) is 50.5 Å². The highest BCUT2D eigenvalue weighted by Crippen LogP contribution is 2.29. The Morgan fingerprint density at radius 3 is 2.50 bits per heavy atom. The minimum Gasteiger partial charge on any atom is -0.478 e. The number of carbonyl (C=O) groups is 1. The fourth-order valence-electron chi connectivity index (χ4n) is 2.08. The van der Waals surface area contributed by atoms with Gasteiger partial charge in [-0.25, -0.2) is 13.2 Å². The molecule has 0 aliphatic heterocycles. The van der Waals surface area contributed by atoms with E-state index in [4.69, 9.17) is 0 Å². The van der Waals surface area contributed by atoms with E-state index in [9.17, 15) is 18.3 Å². The van der Waals surface area contributed by atoms with Gasteiger partial charge >= 0.3 is 5.97 Å². The van der Waals surface area contributed by atoms with E-state index in [-0.39, 0.29) is 22.0 Å². The van der Waals surface area contributed by atoms with Gasteiger partial charge in [-0.3, -0.25) is 4.31 Å². The molecule has 0 saturated heterocycles. The summed E-state index contributed by atoms with van der Waals surface area (Å²) in [5.74, 6) is -1.16. The van der Waals surface area contributed by atoms with Gasteiger partial charge in [0.2, 0.25) is 0 Å². The van der Waals surface area contributed by atoms with Crippen molar-refractivity contribution in [1.82, 2.24) is 4.37 Å². The normalized spacial score (nSPS) is 11.4. The molecule has 0 aliphatic rings. The van der Waals surface area contributed by atoms with Crippen molar-refractivity contribution >= 4 is 33.2 Å². The number of nitrogens with zero attached hydrogens (tertiary/aromatic N) is 2. The zero-order chi connectivity index (χ0) is 16.5. The number of hydrogen-bond acceptors (Lipinski definition) is 5. The van der Waals surface area contributed by atoms with E-state index >= 15 is 0 Å². The molecule has 1 heterocycles. The molecule has 2 aromatic rings. The van der Waals surface area contributed by atoms with E-state index in [0.717, 1.165) is 21.4 Å². The molecule has 0 amide bonds. The number of aromatic nitrogens is 1. The molecule has 0 aliphatic carbocycles. The highest BCUT2D eigenvalue weighted by Gasteiger charge is 2.28. The summed E-state index contributed by atoms with van der Waals surface area (Å²) in [4.78, 5) is 11.4. The maximum Gasteiger partial charge on any atom is 0.337 e. The summed E-state index contributed by atoms with van der Waals surface area (Å²) in [5.41, 5.74) is 1.49. The van der Waals surface area contributed by atoms with Crippen molar-refractivity contribution in [2.75, 3.05) is 10.8 Å². The van der Waals surface area contributed by atoms with Crippen LogP contribution in [0.5, 0.6) is 0 Å². The zero-order valence-electron chi connectivity index (χ0n) is 12.4. The van der Waals surface area contributed by atoms with E-state index < -0.39 is 16.0 Å². The Bertz CT molecular complexity index is 812. The van der Waals surface area contributed by atoms with Crippen LogP contribution in [0.2, 0.25) is 0 Å². The first-order valence-electron chi connectivity index (χ1n) is 6.57. The van der Waals surface area contributed by atoms with Crippen molar-refractivity contribution in [2.24, 2.45) is 0 Å². The Labute approximate surface area is 133 Å². The van der Waals surface area contributed by atoms with Gasteiger partial charge in [-0.15, -0.1) is 0 Å². The smallest absolute Gasteiger partial charge is 0.337 e. The van der Waals surface area contributed by atoms with Crippen LogP contribution in [0.1, 0.15) is 28.5 Å². The summed E-state index contributed by atoms with van der Waals surface area (Å²) in [7, 11) is -3.83. The number of sulfonamides is 1. The molecule has 0 spiro atoms. The van der Waals surface area contributed by atoms with Crippen molar-refractivity contribution < 1.29 is 18.3 Å². The predicted octanol–water partition coefficient (Wildman–Crippen LogP) is 2.67. The summed E-state index contributed by atoms with van der Waals surface area (Å²) in [5, 5.41) is 9.34. The van der Waals surface area contributed by atoms with Gasteiger partial charge in [0.25, 0.3) is 10.0 Å². The van der Waals surface area contributed by atoms with Crippen LogP contribution in [0.4, 0.5) is 5.69 Å². The van der Waals surface area contributed by atoms with Gasteiger partial charge in [0.05, 0.1) is 16.9 Å². The number of carboxylic acid groups (broad SMARTS) is 1. The van der Waals surface area contributed by atoms with Crippen LogP contribution in [0.3, 0.4) is 0 Å². The van der Waals surface area contributed by atoms with Crippen LogP contribution in [0.15, 0.2) is 28.5 Å². The Morgan fingerprint density at radius 2 is 2.00 bits per heavy atom. The fraction of sp³-hybridized carbons (Fsp3) is 0.286. The Balaban J connectivity index is 2.60. The lowest BCUT2D eigenvalue weighted by Gasteiger charge is -2.23. The molecule has 0 radical (unpaired) electrons. The summed E-state index contributed by atoms with van der Waals surface area (Å²) in [6, 6.07) is 6.16. The van der Waals surface area contributed by atoms with Crippen LogP contribution in [0.25, 0.3) is 0 Å². The maximum absolute atomic E-state index is 12.7. The van der Waals surface area contributed by atoms with Gasteiger partial charge < -0.3 is 5.11 Å². The third-order valence-electron chi connectivity index (χ3n) is 3.09. The summed E-state index contributed by atoms with van der Waals surface area (Å²) in [6.07, 6.45) is 0. The van der Waals surface area contributed by atoms with Crippen LogP contribution < -0.4 is 4.31 Å². The van der Waals surface area contributed by atoms with Crippen LogP contribution in [-0.2, 0) is 10.0 Å². The molecule has 8 heteroatoms. The van der Waals surface area contributed by atoms with Crippen molar-refractivity contribution in [3.05, 3.63) is 41.1 Å². The Morgan fingerprint density at radius 1 is 1.32 bits per heavy atom. The van der Waals surface area contributed by atoms with Crippen molar-refractivity contribution in [3.8, 4) is 0 Å². The second-order valence-corrected chi connectivity index (χ2v) is 7.68. The number of anilines is 1. The molecule has 6 nitrogen and oxygen atoms in total. The molecule has 1 aromatic carbocycles. The number of rotatable bonds is 5. The second-order valence-electron chi connectivity index (χ2n) is 4.78. The van der Waals surface area contributed by atoms with E-state index in [1.807, 2.05) is 0 Å². The van der Waals surface area contributed by atoms with Gasteiger partial charge in [0, 0.05) is 6.54 Å². The quantitative estimate of drug-likeness (QED) is 0.904. The molecule has 0 unspecified atom stereocenters. The van der Waals surface area contributed by atoms with E-state index in [1.165, 1.54) is 18.2 Å². The number of aromatic carboxylic acids is 1. The lowest BCUT2D eigenvalue weighted by molar-refractivity contribution is 0.0697. The van der Waals surface area contributed by atoms with E-state index in [2.05, 4.69) is 4.37 Å². The van der Waals surface area contributed by atoms with Gasteiger partial charge in [-0.1, -0.05) is 11.6 Å². The minimum absolute atomic E-state index is 0.0355. The highest BCUT2D eigenvalue weighted by molar-refractivity contribution is 7.94. The van der Waals surface area contributed by atoms with Crippen molar-refractivity contribution in [1.29, 1.82) is 0 Å². The van der Waals surface area contributed by atoms with Crippen LogP contribution in [0, 0.1) is 13.8 Å². The molecule has 0 saturated carbocycles. The fourth-order valence-corrected chi connectivity index (χ4v) is 4.64. The van der Waals surface area contributed by atoms with Crippen LogP contribution in [-0.4, -0.2) is 30.4 Å². The summed E-state index contributed by atoms with van der Waals surface area (Å²) in [6.45, 7) is 5.26. The molecule has 0 atom stereocenters. The Kier molecular flexibility index (Phi) is 4.52. The second kappa shape index (κ2) is 6.05. The topological polar surface area (TPSA) is 87.6 Å². The monoisotopic (exact) mass is 340 g/mol. The average Bonchev–Trinajstić information content (AvgIpc) is 2.88. The molecule has 1 aromatic heterocycles. The Hall–Kier alpha value is -1.93. The van der Waals surface area contributed by atoms with E-state index in [1.54, 1.807) is 26.8 Å². The predicted molar refractivity (Wildman–Crippen MR) is 85.2 cm³/mol. The summed E-state index contributed by atoms with van der Waals surface area (Å²) >= 11 is 0.885. The standard InChI is InChI=1S/C14H16N2O4S2/c1-4-16(22(19,20)13-8-10(3)15-21-13)12-6-5-9(2)7-11(12)14(17)18/h5-8H,4H2,1-3H3,(H,17,18). The van der Waals surface area contributed by atoms with Crippen molar-refractivity contribution in [3.63, 3.8) is 0 Å². The molecule has 2 rings (SSSR count). The molecule has 22 heavy (non-hydrogen) atoms. The number of benzene rings is 1. The van der Waals surface area contributed by atoms with E-state index in [0.29, 0.717) is 5.69 Å². The summed E-state index contributed by atoms with van der Waals surface area (Å²) < 4.78 is 30.7. The molecule has 0 fully saturated rings. The zero-order valence-corrected chi connectivity index (χ0v) is 14.0. The van der Waals surface area contributed by atoms with Crippen molar-refractivity contribution in [2.45, 2.75) is 25.0 Å². The number of hydrogen-bond donors (Lipinski definition) is 1. The molecule has 118 valence electrons. The average molecular weight is 340 g/mol. The highest BCUT2D eigenvalue weighted by atomic mass is 32.2. The lowest BCUT2D eigenvalue weighted by Crippen LogP contribution is -2.31. The molecule has 1 N–H and O–H groups in total. The third-order valence-corrected chi connectivity index (χ3v) is 6.28. The lowest BCUT2D eigenvalue weighted by atomic mass is 10.1. The molecule has 0 bridgehead atoms. The van der Waals surface area contributed by atoms with Gasteiger partial charge in [-0.2, -0.15) is 4.37 Å². The SMILES string of the molecule is CCN(c1ccc(C)cc1C(=O)O)S(=O)(=O)c1cc(C)ns1. The minimum atomic E-state index is -3.83.